The number of carboxylic acid groups (broad SMARTS) is 1. The largest absolute Gasteiger partial charge is 0.507 e. The van der Waals surface area contributed by atoms with Crippen LogP contribution in [0.25, 0.3) is 0 Å². The molecule has 0 saturated carbocycles. The van der Waals surface area contributed by atoms with Gasteiger partial charge in [0.05, 0.1) is 11.8 Å². The molecule has 0 spiro atoms. The van der Waals surface area contributed by atoms with Crippen LogP contribution in [-0.4, -0.2) is 51.0 Å². The lowest BCUT2D eigenvalue weighted by molar-refractivity contribution is -0.141. The molecule has 4 atom stereocenters. The van der Waals surface area contributed by atoms with Gasteiger partial charge in [-0.1, -0.05) is 30.2 Å². The quantitative estimate of drug-likeness (QED) is 0.235. The van der Waals surface area contributed by atoms with E-state index in [2.05, 4.69) is 0 Å². The predicted octanol–water partition coefficient (Wildman–Crippen LogP) is 4.08. The van der Waals surface area contributed by atoms with Gasteiger partial charge in [0.2, 0.25) is 11.8 Å². The Hall–Kier alpha value is -3.81. The lowest BCUT2D eigenvalue weighted by Gasteiger charge is -2.42. The average molecular weight is 532 g/mol. The van der Waals surface area contributed by atoms with Gasteiger partial charge in [0.1, 0.15) is 5.75 Å². The van der Waals surface area contributed by atoms with Gasteiger partial charge in [-0.25, -0.2) is 0 Å². The Kier molecular flexibility index (Phi) is 6.91. The Morgan fingerprint density at radius 2 is 1.67 bits per heavy atom. The second-order valence-corrected chi connectivity index (χ2v) is 11.3. The first-order valence-corrected chi connectivity index (χ1v) is 13.6. The molecule has 0 radical (unpaired) electrons. The van der Waals surface area contributed by atoms with Gasteiger partial charge < -0.3 is 10.2 Å². The summed E-state index contributed by atoms with van der Waals surface area (Å²) in [4.78, 5) is 65.8. The number of phenols is 1. The highest BCUT2D eigenvalue weighted by molar-refractivity contribution is 6.23. The Labute approximate surface area is 227 Å². The molecule has 1 aromatic carbocycles. The minimum Gasteiger partial charge on any atom is -0.507 e. The number of amides is 2. The van der Waals surface area contributed by atoms with Crippen molar-refractivity contribution in [3.05, 3.63) is 63.3 Å². The number of nitrogens with zero attached hydrogens (tertiary/aromatic N) is 1. The number of rotatable bonds is 7. The van der Waals surface area contributed by atoms with Crippen molar-refractivity contribution in [3.8, 4) is 5.75 Å². The molecule has 8 heteroatoms. The van der Waals surface area contributed by atoms with Crippen molar-refractivity contribution in [3.63, 3.8) is 0 Å². The van der Waals surface area contributed by atoms with E-state index in [1.807, 2.05) is 18.2 Å². The van der Waals surface area contributed by atoms with Crippen LogP contribution in [0.3, 0.4) is 0 Å². The van der Waals surface area contributed by atoms with Gasteiger partial charge >= 0.3 is 5.97 Å². The molecular weight excluding hydrogens is 498 g/mol. The summed E-state index contributed by atoms with van der Waals surface area (Å²) in [6.45, 7) is 5.47. The highest BCUT2D eigenvalue weighted by atomic mass is 16.4. The molecule has 1 heterocycles. The van der Waals surface area contributed by atoms with Crippen LogP contribution < -0.4 is 0 Å². The molecule has 2 N–H and O–H groups in total. The number of carbonyl (C=O) groups is 5. The first-order valence-electron chi connectivity index (χ1n) is 13.6. The van der Waals surface area contributed by atoms with Crippen molar-refractivity contribution < 1.29 is 34.2 Å². The zero-order valence-electron chi connectivity index (χ0n) is 22.5. The Bertz CT molecular complexity index is 1390. The summed E-state index contributed by atoms with van der Waals surface area (Å²) >= 11 is 0. The van der Waals surface area contributed by atoms with Gasteiger partial charge in [-0.2, -0.15) is 0 Å². The first-order chi connectivity index (χ1) is 18.5. The number of Topliss-reactive ketones (excluding diaryl/α,β-unsaturated/α-hetero) is 1. The maximum absolute atomic E-state index is 13.7. The number of fused-ring (bicyclic) bond motifs is 3. The van der Waals surface area contributed by atoms with E-state index < -0.39 is 23.7 Å². The number of hydrogen-bond acceptors (Lipinski definition) is 6. The number of benzene rings is 1. The van der Waals surface area contributed by atoms with Gasteiger partial charge in [0.15, 0.2) is 11.6 Å². The van der Waals surface area contributed by atoms with E-state index in [4.69, 9.17) is 5.11 Å². The number of phenolic OH excluding ortho intramolecular Hbond substituents is 1. The Morgan fingerprint density at radius 3 is 2.33 bits per heavy atom. The summed E-state index contributed by atoms with van der Waals surface area (Å²) in [5.74, 6) is -3.61. The molecule has 1 aromatic rings. The van der Waals surface area contributed by atoms with Crippen LogP contribution in [0.2, 0.25) is 0 Å². The molecule has 204 valence electrons. The highest BCUT2D eigenvalue weighted by Crippen LogP contribution is 2.55. The molecule has 0 unspecified atom stereocenters. The van der Waals surface area contributed by atoms with Crippen molar-refractivity contribution in [2.75, 3.05) is 6.54 Å². The van der Waals surface area contributed by atoms with Crippen LogP contribution in [0, 0.1) is 31.6 Å². The number of likely N-dealkylation sites (tertiary alicyclic amines) is 1. The third kappa shape index (κ3) is 4.45. The number of imide groups is 1. The number of ketones is 2. The van der Waals surface area contributed by atoms with Crippen LogP contribution in [-0.2, 0) is 24.0 Å². The summed E-state index contributed by atoms with van der Waals surface area (Å²) in [6, 6.07) is 3.67. The van der Waals surface area contributed by atoms with Gasteiger partial charge in [-0.3, -0.25) is 28.9 Å². The highest BCUT2D eigenvalue weighted by Gasteiger charge is 2.56. The zero-order valence-corrected chi connectivity index (χ0v) is 22.5. The van der Waals surface area contributed by atoms with E-state index in [-0.39, 0.29) is 54.4 Å². The number of aryl methyl sites for hydroxylation is 2. The van der Waals surface area contributed by atoms with Gasteiger partial charge in [0, 0.05) is 35.6 Å². The predicted molar refractivity (Wildman–Crippen MR) is 142 cm³/mol. The Balaban J connectivity index is 1.52. The average Bonchev–Trinajstić information content (AvgIpc) is 3.13. The lowest BCUT2D eigenvalue weighted by Crippen LogP contribution is -2.40. The fourth-order valence-corrected chi connectivity index (χ4v) is 6.91. The molecule has 1 fully saturated rings. The number of carbonyl (C=O) groups excluding carboxylic acids is 4. The molecule has 5 rings (SSSR count). The number of carboxylic acids is 1. The molecule has 1 aliphatic heterocycles. The summed E-state index contributed by atoms with van der Waals surface area (Å²) in [5, 5.41) is 19.3. The summed E-state index contributed by atoms with van der Waals surface area (Å²) in [7, 11) is 0. The molecule has 1 saturated heterocycles. The molecule has 3 aliphatic carbocycles. The topological polar surface area (TPSA) is 129 Å². The van der Waals surface area contributed by atoms with E-state index in [0.29, 0.717) is 53.5 Å². The summed E-state index contributed by atoms with van der Waals surface area (Å²) in [5.41, 5.74) is 4.22. The molecule has 4 aliphatic rings. The van der Waals surface area contributed by atoms with Crippen LogP contribution in [0.5, 0.6) is 5.75 Å². The van der Waals surface area contributed by atoms with Crippen molar-refractivity contribution in [2.24, 2.45) is 17.8 Å². The van der Waals surface area contributed by atoms with Crippen molar-refractivity contribution in [1.82, 2.24) is 4.90 Å². The second kappa shape index (κ2) is 10.1. The molecular formula is C31H33NO7. The zero-order chi connectivity index (χ0) is 28.2. The minimum absolute atomic E-state index is 0.0538. The normalized spacial score (nSPS) is 26.3. The van der Waals surface area contributed by atoms with E-state index in [1.54, 1.807) is 20.8 Å². The van der Waals surface area contributed by atoms with E-state index in [9.17, 15) is 29.1 Å². The van der Waals surface area contributed by atoms with Crippen LogP contribution in [0.15, 0.2) is 46.6 Å². The second-order valence-electron chi connectivity index (χ2n) is 11.3. The third-order valence-electron chi connectivity index (χ3n) is 8.78. The van der Waals surface area contributed by atoms with Crippen molar-refractivity contribution in [1.29, 1.82) is 0 Å². The standard InChI is InChI=1S/C31H33NO7/c1-15-11-18(12-16(2)28(15)36)25-19-8-9-20-26(21(19)14-22-23(33)13-17(3)29(37)27(22)25)31(39)32(30(20)38)10-6-4-5-7-24(34)35/h8,11-13,20-21,25-26,36H,4-7,9-10,14H2,1-3H3,(H,34,35)/t20-,21+,25-,26-/m0/s1. The summed E-state index contributed by atoms with van der Waals surface area (Å²) in [6.07, 6.45) is 5.65. The van der Waals surface area contributed by atoms with Crippen LogP contribution >= 0.6 is 0 Å². The van der Waals surface area contributed by atoms with E-state index in [1.165, 1.54) is 11.0 Å². The minimum atomic E-state index is -0.867. The van der Waals surface area contributed by atoms with Crippen molar-refractivity contribution >= 4 is 29.4 Å². The first kappa shape index (κ1) is 26.8. The van der Waals surface area contributed by atoms with Crippen LogP contribution in [0.1, 0.15) is 68.1 Å². The maximum atomic E-state index is 13.7. The maximum Gasteiger partial charge on any atom is 0.303 e. The fourth-order valence-electron chi connectivity index (χ4n) is 6.91. The smallest absolute Gasteiger partial charge is 0.303 e. The molecule has 2 amide bonds. The fraction of sp³-hybridized carbons (Fsp3) is 0.452. The van der Waals surface area contributed by atoms with E-state index in [0.717, 1.165) is 11.1 Å². The number of unbranched alkanes of at least 4 members (excludes halogenated alkanes) is 2. The lowest BCUT2D eigenvalue weighted by atomic mass is 9.59. The van der Waals surface area contributed by atoms with E-state index >= 15 is 0 Å². The van der Waals surface area contributed by atoms with Gasteiger partial charge in [-0.15, -0.1) is 0 Å². The van der Waals surface area contributed by atoms with Gasteiger partial charge in [0.25, 0.3) is 0 Å². The number of allylic oxidation sites excluding steroid dienone is 6. The van der Waals surface area contributed by atoms with Crippen LogP contribution in [0.4, 0.5) is 0 Å². The third-order valence-corrected chi connectivity index (χ3v) is 8.78. The number of hydrogen-bond donors (Lipinski definition) is 2. The SMILES string of the molecule is CC1=CC(=O)C2=C(C1=O)[C@@H](c1cc(C)c(O)c(C)c1)C1=CC[C@@H]3C(=O)N(CCCCCC(=O)O)C(=O)[C@@H]3[C@@H]1C2. The molecule has 0 bridgehead atoms. The number of aromatic hydroxyl groups is 1. The number of aliphatic carboxylic acids is 1. The molecule has 8 nitrogen and oxygen atoms in total. The summed E-state index contributed by atoms with van der Waals surface area (Å²) < 4.78 is 0. The Morgan fingerprint density at radius 1 is 0.974 bits per heavy atom. The van der Waals surface area contributed by atoms with Gasteiger partial charge in [-0.05, 0) is 75.1 Å². The molecule has 0 aromatic heterocycles. The van der Waals surface area contributed by atoms with Crippen molar-refractivity contribution in [2.45, 2.75) is 65.2 Å². The monoisotopic (exact) mass is 531 g/mol. The molecule has 39 heavy (non-hydrogen) atoms.